The molecular weight excluding hydrogens is 300 g/mol. The van der Waals surface area contributed by atoms with Crippen LogP contribution in [-0.2, 0) is 6.42 Å². The van der Waals surface area contributed by atoms with Crippen LogP contribution in [0.15, 0.2) is 84.9 Å². The van der Waals surface area contributed by atoms with Crippen molar-refractivity contribution in [3.63, 3.8) is 0 Å². The third-order valence-electron chi connectivity index (χ3n) is 5.13. The average molecular weight is 323 g/mol. The van der Waals surface area contributed by atoms with E-state index >= 15 is 0 Å². The molecule has 4 rings (SSSR count). The number of hydrogen-bond acceptors (Lipinski definition) is 0. The molecule has 0 N–H and O–H groups in total. The van der Waals surface area contributed by atoms with Crippen LogP contribution in [-0.4, -0.2) is 0 Å². The van der Waals surface area contributed by atoms with E-state index in [-0.39, 0.29) is 0 Å². The van der Waals surface area contributed by atoms with Crippen LogP contribution in [0.2, 0.25) is 0 Å². The molecule has 0 saturated carbocycles. The Bertz CT molecular complexity index is 986. The molecule has 0 amide bonds. The predicted molar refractivity (Wildman–Crippen MR) is 109 cm³/mol. The Morgan fingerprint density at radius 1 is 0.680 bits per heavy atom. The first-order valence-corrected chi connectivity index (χ1v) is 9.10. The van der Waals surface area contributed by atoms with E-state index in [1.807, 2.05) is 0 Å². The van der Waals surface area contributed by atoms with E-state index in [0.29, 0.717) is 5.92 Å². The zero-order chi connectivity index (χ0) is 17.1. The summed E-state index contributed by atoms with van der Waals surface area (Å²) in [5.41, 5.74) is 2.87. The fourth-order valence-electron chi connectivity index (χ4n) is 3.77. The minimum atomic E-state index is 0.459. The summed E-state index contributed by atoms with van der Waals surface area (Å²) < 4.78 is 0. The van der Waals surface area contributed by atoms with Crippen LogP contribution in [0.3, 0.4) is 0 Å². The minimum Gasteiger partial charge on any atom is -0.0616 e. The number of rotatable bonds is 5. The summed E-state index contributed by atoms with van der Waals surface area (Å²) in [5, 5.41) is 5.42. The van der Waals surface area contributed by atoms with E-state index in [1.165, 1.54) is 32.7 Å². The van der Waals surface area contributed by atoms with E-state index in [0.717, 1.165) is 12.8 Å². The second-order valence-corrected chi connectivity index (χ2v) is 6.77. The SMILES string of the molecule is CC([CH]CCc1cccc2ccccc12)c1cccc2ccccc12. The third-order valence-corrected chi connectivity index (χ3v) is 5.13. The van der Waals surface area contributed by atoms with Gasteiger partial charge < -0.3 is 0 Å². The van der Waals surface area contributed by atoms with Gasteiger partial charge in [-0.1, -0.05) is 91.9 Å². The summed E-state index contributed by atoms with van der Waals surface area (Å²) in [4.78, 5) is 0. The van der Waals surface area contributed by atoms with Crippen LogP contribution in [0.1, 0.15) is 30.4 Å². The highest BCUT2D eigenvalue weighted by molar-refractivity contribution is 5.86. The first-order chi connectivity index (χ1) is 12.3. The summed E-state index contributed by atoms with van der Waals surface area (Å²) in [6.45, 7) is 2.31. The number of aryl methyl sites for hydroxylation is 1. The highest BCUT2D eigenvalue weighted by Crippen LogP contribution is 2.29. The lowest BCUT2D eigenvalue weighted by molar-refractivity contribution is 0.795. The molecule has 1 unspecified atom stereocenters. The lowest BCUT2D eigenvalue weighted by Crippen LogP contribution is -1.98. The summed E-state index contributed by atoms with van der Waals surface area (Å²) in [7, 11) is 0. The lowest BCUT2D eigenvalue weighted by Gasteiger charge is -2.15. The van der Waals surface area contributed by atoms with Gasteiger partial charge >= 0.3 is 0 Å². The largest absolute Gasteiger partial charge is 0.0616 e. The summed E-state index contributed by atoms with van der Waals surface area (Å²) >= 11 is 0. The van der Waals surface area contributed by atoms with Crippen LogP contribution in [0.25, 0.3) is 21.5 Å². The van der Waals surface area contributed by atoms with Gasteiger partial charge in [0.25, 0.3) is 0 Å². The lowest BCUT2D eigenvalue weighted by atomic mass is 9.90. The van der Waals surface area contributed by atoms with Gasteiger partial charge in [-0.15, -0.1) is 0 Å². The Balaban J connectivity index is 1.49. The monoisotopic (exact) mass is 323 g/mol. The maximum Gasteiger partial charge on any atom is -0.0149 e. The topological polar surface area (TPSA) is 0 Å². The van der Waals surface area contributed by atoms with Gasteiger partial charge in [0.2, 0.25) is 0 Å². The van der Waals surface area contributed by atoms with Gasteiger partial charge in [0.15, 0.2) is 0 Å². The third kappa shape index (κ3) is 3.30. The van der Waals surface area contributed by atoms with E-state index in [4.69, 9.17) is 0 Å². The van der Waals surface area contributed by atoms with Gasteiger partial charge in [0, 0.05) is 0 Å². The van der Waals surface area contributed by atoms with Crippen molar-refractivity contribution >= 4 is 21.5 Å². The maximum atomic E-state index is 2.46. The molecule has 0 aliphatic rings. The molecule has 0 aliphatic heterocycles. The van der Waals surface area contributed by atoms with E-state index in [9.17, 15) is 0 Å². The molecule has 0 bridgehead atoms. The van der Waals surface area contributed by atoms with Gasteiger partial charge in [-0.2, -0.15) is 0 Å². The molecule has 0 nitrogen and oxygen atoms in total. The molecule has 25 heavy (non-hydrogen) atoms. The van der Waals surface area contributed by atoms with E-state index in [1.54, 1.807) is 0 Å². The number of benzene rings is 4. The fourth-order valence-corrected chi connectivity index (χ4v) is 3.77. The van der Waals surface area contributed by atoms with Gasteiger partial charge in [-0.3, -0.25) is 0 Å². The van der Waals surface area contributed by atoms with Crippen molar-refractivity contribution in [3.8, 4) is 0 Å². The molecule has 0 spiro atoms. The Morgan fingerprint density at radius 2 is 1.28 bits per heavy atom. The van der Waals surface area contributed by atoms with Crippen LogP contribution >= 0.6 is 0 Å². The predicted octanol–water partition coefficient (Wildman–Crippen LogP) is 6.93. The van der Waals surface area contributed by atoms with Crippen LogP contribution in [0, 0.1) is 6.42 Å². The van der Waals surface area contributed by atoms with Crippen molar-refractivity contribution < 1.29 is 0 Å². The molecule has 0 saturated heterocycles. The van der Waals surface area contributed by atoms with Crippen LogP contribution in [0.4, 0.5) is 0 Å². The summed E-state index contributed by atoms with van der Waals surface area (Å²) in [5.74, 6) is 0.459. The molecule has 1 atom stereocenters. The van der Waals surface area contributed by atoms with Crippen molar-refractivity contribution in [3.05, 3.63) is 102 Å². The number of hydrogen-bond donors (Lipinski definition) is 0. The van der Waals surface area contributed by atoms with Gasteiger partial charge in [-0.05, 0) is 57.9 Å². The molecule has 0 heteroatoms. The van der Waals surface area contributed by atoms with Crippen LogP contribution < -0.4 is 0 Å². The zero-order valence-electron chi connectivity index (χ0n) is 14.7. The zero-order valence-corrected chi connectivity index (χ0v) is 14.7. The quantitative estimate of drug-likeness (QED) is 0.373. The van der Waals surface area contributed by atoms with E-state index in [2.05, 4.69) is 98.3 Å². The molecule has 0 fully saturated rings. The Morgan fingerprint density at radius 3 is 2.08 bits per heavy atom. The maximum absolute atomic E-state index is 2.46. The van der Waals surface area contributed by atoms with Crippen molar-refractivity contribution in [1.82, 2.24) is 0 Å². The molecule has 123 valence electrons. The van der Waals surface area contributed by atoms with Gasteiger partial charge in [0.1, 0.15) is 0 Å². The smallest absolute Gasteiger partial charge is 0.0149 e. The molecule has 4 aromatic rings. The first-order valence-electron chi connectivity index (χ1n) is 9.10. The van der Waals surface area contributed by atoms with Crippen molar-refractivity contribution in [2.24, 2.45) is 0 Å². The first kappa shape index (κ1) is 15.9. The molecule has 4 aromatic carbocycles. The second kappa shape index (κ2) is 7.11. The highest BCUT2D eigenvalue weighted by Gasteiger charge is 2.10. The molecule has 0 aromatic heterocycles. The van der Waals surface area contributed by atoms with Gasteiger partial charge in [-0.25, -0.2) is 0 Å². The summed E-state index contributed by atoms with van der Waals surface area (Å²) in [6.07, 6.45) is 4.65. The van der Waals surface area contributed by atoms with Crippen molar-refractivity contribution in [1.29, 1.82) is 0 Å². The molecule has 1 radical (unpaired) electrons. The van der Waals surface area contributed by atoms with E-state index < -0.39 is 0 Å². The average Bonchev–Trinajstić information content (AvgIpc) is 2.67. The van der Waals surface area contributed by atoms with Crippen molar-refractivity contribution in [2.45, 2.75) is 25.7 Å². The summed E-state index contributed by atoms with van der Waals surface area (Å²) in [6, 6.07) is 30.6. The molecule has 0 heterocycles. The van der Waals surface area contributed by atoms with Crippen molar-refractivity contribution in [2.75, 3.05) is 0 Å². The highest BCUT2D eigenvalue weighted by atomic mass is 14.1. The minimum absolute atomic E-state index is 0.459. The molecular formula is C25H23. The normalized spacial score (nSPS) is 12.5. The second-order valence-electron chi connectivity index (χ2n) is 6.77. The Kier molecular flexibility index (Phi) is 4.52. The fraction of sp³-hybridized carbons (Fsp3) is 0.160. The Labute approximate surface area is 150 Å². The Hall–Kier alpha value is -2.60. The van der Waals surface area contributed by atoms with Gasteiger partial charge in [0.05, 0.1) is 0 Å². The molecule has 0 aliphatic carbocycles. The number of fused-ring (bicyclic) bond motifs is 2. The van der Waals surface area contributed by atoms with Crippen LogP contribution in [0.5, 0.6) is 0 Å². The standard InChI is InChI=1S/C25H23/c1-19(23-18-8-15-22-11-3-5-17-25(22)23)9-6-12-21-14-7-13-20-10-2-4-16-24(20)21/h2-5,7-11,13-19H,6,12H2,1H3.